The summed E-state index contributed by atoms with van der Waals surface area (Å²) in [5.74, 6) is 1.14. The molecule has 1 aromatic heterocycles. The Hall–Kier alpha value is -0.910. The van der Waals surface area contributed by atoms with Crippen LogP contribution in [-0.2, 0) is 16.7 Å². The minimum absolute atomic E-state index is 0.0427. The second kappa shape index (κ2) is 6.07. The summed E-state index contributed by atoms with van der Waals surface area (Å²) in [5.41, 5.74) is 8.38. The molecule has 1 fully saturated rings. The fraction of sp³-hybridized carbons (Fsp3) is 0.562. The van der Waals surface area contributed by atoms with E-state index in [0.29, 0.717) is 6.54 Å². The number of hydrogen-bond acceptors (Lipinski definition) is 3. The third-order valence-electron chi connectivity index (χ3n) is 4.47. The topological polar surface area (TPSA) is 53.1 Å². The van der Waals surface area contributed by atoms with E-state index in [1.807, 2.05) is 0 Å². The van der Waals surface area contributed by atoms with Crippen molar-refractivity contribution in [1.29, 1.82) is 0 Å². The number of ether oxygens (including phenoxy) is 1. The van der Waals surface area contributed by atoms with Gasteiger partial charge >= 0.3 is 0 Å². The average Bonchev–Trinajstić information content (AvgIpc) is 2.87. The first-order valence-corrected chi connectivity index (χ1v) is 8.43. The van der Waals surface area contributed by atoms with Gasteiger partial charge in [-0.1, -0.05) is 22.9 Å². The Bertz CT molecular complexity index is 632. The number of aromatic nitrogens is 2. The third kappa shape index (κ3) is 2.62. The Balaban J connectivity index is 2.17. The fourth-order valence-corrected chi connectivity index (χ4v) is 3.59. The van der Waals surface area contributed by atoms with Crippen LogP contribution < -0.4 is 5.73 Å². The summed E-state index contributed by atoms with van der Waals surface area (Å²) in [4.78, 5) is 4.96. The van der Waals surface area contributed by atoms with E-state index < -0.39 is 0 Å². The number of nitrogens with zero attached hydrogens (tertiary/aromatic N) is 2. The van der Waals surface area contributed by atoms with E-state index >= 15 is 0 Å². The quantitative estimate of drug-likeness (QED) is 0.919. The van der Waals surface area contributed by atoms with Gasteiger partial charge in [-0.2, -0.15) is 0 Å². The molecule has 5 heteroatoms. The summed E-state index contributed by atoms with van der Waals surface area (Å²) in [6, 6.07) is 6.32. The number of fused-ring (bicyclic) bond motifs is 1. The van der Waals surface area contributed by atoms with E-state index in [0.717, 1.165) is 54.8 Å². The van der Waals surface area contributed by atoms with Crippen molar-refractivity contribution in [2.75, 3.05) is 19.8 Å². The van der Waals surface area contributed by atoms with Gasteiger partial charge < -0.3 is 15.0 Å². The first-order valence-electron chi connectivity index (χ1n) is 7.64. The number of halogens is 1. The molecule has 0 atom stereocenters. The van der Waals surface area contributed by atoms with Crippen LogP contribution in [-0.4, -0.2) is 29.3 Å². The SMILES string of the molecule is CCCn1c(C2(CN)CCOCC2)nc2cc(Br)ccc21. The number of benzene rings is 1. The van der Waals surface area contributed by atoms with Gasteiger partial charge in [0.2, 0.25) is 0 Å². The lowest BCUT2D eigenvalue weighted by atomic mass is 9.79. The molecule has 1 saturated heterocycles. The Morgan fingerprint density at radius 1 is 1.38 bits per heavy atom. The standard InChI is InChI=1S/C16H22BrN3O/c1-2-7-20-14-4-3-12(17)10-13(14)19-15(20)16(11-18)5-8-21-9-6-16/h3-4,10H,2,5-9,11,18H2,1H3. The molecule has 0 amide bonds. The van der Waals surface area contributed by atoms with Crippen LogP contribution in [0, 0.1) is 0 Å². The van der Waals surface area contributed by atoms with Crippen LogP contribution in [0.4, 0.5) is 0 Å². The first-order chi connectivity index (χ1) is 10.2. The lowest BCUT2D eigenvalue weighted by molar-refractivity contribution is 0.0488. The molecule has 21 heavy (non-hydrogen) atoms. The smallest absolute Gasteiger partial charge is 0.117 e. The summed E-state index contributed by atoms with van der Waals surface area (Å²) in [7, 11) is 0. The summed E-state index contributed by atoms with van der Waals surface area (Å²) < 4.78 is 8.97. The average molecular weight is 352 g/mol. The van der Waals surface area contributed by atoms with Crippen LogP contribution in [0.5, 0.6) is 0 Å². The van der Waals surface area contributed by atoms with Crippen molar-refractivity contribution in [2.24, 2.45) is 5.73 Å². The first kappa shape index (κ1) is 15.0. The molecule has 2 N–H and O–H groups in total. The monoisotopic (exact) mass is 351 g/mol. The van der Waals surface area contributed by atoms with Crippen LogP contribution in [0.15, 0.2) is 22.7 Å². The number of rotatable bonds is 4. The highest BCUT2D eigenvalue weighted by atomic mass is 79.9. The molecule has 4 nitrogen and oxygen atoms in total. The molecule has 1 aromatic carbocycles. The molecule has 0 radical (unpaired) electrons. The summed E-state index contributed by atoms with van der Waals surface area (Å²) in [5, 5.41) is 0. The van der Waals surface area contributed by atoms with E-state index in [-0.39, 0.29) is 5.41 Å². The molecule has 1 aliphatic heterocycles. The lowest BCUT2D eigenvalue weighted by Gasteiger charge is -2.35. The number of aryl methyl sites for hydroxylation is 1. The van der Waals surface area contributed by atoms with Gasteiger partial charge in [-0.25, -0.2) is 4.98 Å². The Labute approximate surface area is 133 Å². The molecule has 3 rings (SSSR count). The predicted molar refractivity (Wildman–Crippen MR) is 88.5 cm³/mol. The van der Waals surface area contributed by atoms with Crippen LogP contribution in [0.2, 0.25) is 0 Å². The lowest BCUT2D eigenvalue weighted by Crippen LogP contribution is -2.42. The number of hydrogen-bond donors (Lipinski definition) is 1. The van der Waals surface area contributed by atoms with Gasteiger partial charge in [0.1, 0.15) is 5.82 Å². The maximum absolute atomic E-state index is 6.17. The molecule has 2 aromatic rings. The fourth-order valence-electron chi connectivity index (χ4n) is 3.24. The van der Waals surface area contributed by atoms with Crippen molar-refractivity contribution in [1.82, 2.24) is 9.55 Å². The highest BCUT2D eigenvalue weighted by Crippen LogP contribution is 2.35. The highest BCUT2D eigenvalue weighted by molar-refractivity contribution is 9.10. The van der Waals surface area contributed by atoms with Gasteiger partial charge in [0.25, 0.3) is 0 Å². The minimum Gasteiger partial charge on any atom is -0.381 e. The van der Waals surface area contributed by atoms with Gasteiger partial charge in [-0.3, -0.25) is 0 Å². The Morgan fingerprint density at radius 2 is 2.14 bits per heavy atom. The van der Waals surface area contributed by atoms with Crippen molar-refractivity contribution < 1.29 is 4.74 Å². The second-order valence-electron chi connectivity index (χ2n) is 5.82. The molecule has 0 aliphatic carbocycles. The van der Waals surface area contributed by atoms with Crippen molar-refractivity contribution >= 4 is 27.0 Å². The molecular weight excluding hydrogens is 330 g/mol. The summed E-state index contributed by atoms with van der Waals surface area (Å²) in [6.07, 6.45) is 3.00. The second-order valence-corrected chi connectivity index (χ2v) is 6.73. The highest BCUT2D eigenvalue weighted by Gasteiger charge is 2.37. The van der Waals surface area contributed by atoms with Gasteiger partial charge in [-0.05, 0) is 37.5 Å². The largest absolute Gasteiger partial charge is 0.381 e. The zero-order valence-corrected chi connectivity index (χ0v) is 14.0. The van der Waals surface area contributed by atoms with Gasteiger partial charge in [0.05, 0.1) is 11.0 Å². The maximum atomic E-state index is 6.17. The van der Waals surface area contributed by atoms with Gasteiger partial charge in [0, 0.05) is 36.2 Å². The van der Waals surface area contributed by atoms with Gasteiger partial charge in [0.15, 0.2) is 0 Å². The third-order valence-corrected chi connectivity index (χ3v) is 4.97. The van der Waals surface area contributed by atoms with Crippen molar-refractivity contribution in [3.63, 3.8) is 0 Å². The zero-order valence-electron chi connectivity index (χ0n) is 12.4. The molecule has 1 aliphatic rings. The van der Waals surface area contributed by atoms with Crippen LogP contribution in [0.25, 0.3) is 11.0 Å². The predicted octanol–water partition coefficient (Wildman–Crippen LogP) is 3.22. The molecule has 0 bridgehead atoms. The summed E-state index contributed by atoms with van der Waals surface area (Å²) >= 11 is 3.54. The summed E-state index contributed by atoms with van der Waals surface area (Å²) in [6.45, 7) is 5.36. The Kier molecular flexibility index (Phi) is 4.33. The van der Waals surface area contributed by atoms with E-state index in [1.165, 1.54) is 5.52 Å². The molecule has 0 saturated carbocycles. The van der Waals surface area contributed by atoms with E-state index in [2.05, 4.69) is 45.6 Å². The van der Waals surface area contributed by atoms with Crippen molar-refractivity contribution in [3.8, 4) is 0 Å². The molecule has 114 valence electrons. The molecular formula is C16H22BrN3O. The van der Waals surface area contributed by atoms with E-state index in [1.54, 1.807) is 0 Å². The minimum atomic E-state index is -0.0427. The molecule has 0 spiro atoms. The molecule has 0 unspecified atom stereocenters. The number of nitrogens with two attached hydrogens (primary N) is 1. The Morgan fingerprint density at radius 3 is 2.81 bits per heavy atom. The molecule has 2 heterocycles. The maximum Gasteiger partial charge on any atom is 0.117 e. The van der Waals surface area contributed by atoms with Crippen LogP contribution in [0.1, 0.15) is 32.0 Å². The zero-order chi connectivity index (χ0) is 14.9. The van der Waals surface area contributed by atoms with Gasteiger partial charge in [-0.15, -0.1) is 0 Å². The van der Waals surface area contributed by atoms with E-state index in [9.17, 15) is 0 Å². The van der Waals surface area contributed by atoms with E-state index in [4.69, 9.17) is 15.5 Å². The van der Waals surface area contributed by atoms with Crippen molar-refractivity contribution in [2.45, 2.75) is 38.1 Å². The van der Waals surface area contributed by atoms with Crippen LogP contribution in [0.3, 0.4) is 0 Å². The van der Waals surface area contributed by atoms with Crippen LogP contribution >= 0.6 is 15.9 Å². The normalized spacial score (nSPS) is 18.2. The van der Waals surface area contributed by atoms with Crippen molar-refractivity contribution in [3.05, 3.63) is 28.5 Å². The number of imidazole rings is 1.